The molecule has 1 fully saturated rings. The van der Waals surface area contributed by atoms with Gasteiger partial charge in [0.2, 0.25) is 0 Å². The fourth-order valence-electron chi connectivity index (χ4n) is 1.95. The van der Waals surface area contributed by atoms with Gasteiger partial charge in [-0.3, -0.25) is 0 Å². The zero-order valence-corrected chi connectivity index (χ0v) is 8.85. The van der Waals surface area contributed by atoms with Crippen molar-refractivity contribution in [2.24, 2.45) is 11.7 Å². The summed E-state index contributed by atoms with van der Waals surface area (Å²) in [6.45, 7) is 4.30. The van der Waals surface area contributed by atoms with Gasteiger partial charge in [0, 0.05) is 6.04 Å². The molecule has 1 nitrogen and oxygen atoms in total. The minimum Gasteiger partial charge on any atom is -0.328 e. The molecule has 0 saturated heterocycles. The Kier molecular flexibility index (Phi) is 3.72. The number of alkyl halides is 1. The van der Waals surface area contributed by atoms with E-state index < -0.39 is 5.67 Å². The molecule has 0 unspecified atom stereocenters. The highest BCUT2D eigenvalue weighted by Gasteiger charge is 2.33. The van der Waals surface area contributed by atoms with Gasteiger partial charge in [0.25, 0.3) is 0 Å². The first-order valence-corrected chi connectivity index (χ1v) is 5.46. The first-order chi connectivity index (χ1) is 6.02. The van der Waals surface area contributed by atoms with E-state index in [-0.39, 0.29) is 6.04 Å². The second-order valence-corrected chi connectivity index (χ2v) is 4.92. The number of rotatable bonds is 3. The summed E-state index contributed by atoms with van der Waals surface area (Å²) in [6.07, 6.45) is 4.84. The van der Waals surface area contributed by atoms with Gasteiger partial charge in [-0.15, -0.1) is 0 Å². The summed E-state index contributed by atoms with van der Waals surface area (Å²) in [4.78, 5) is 0. The lowest BCUT2D eigenvalue weighted by molar-refractivity contribution is 0.0825. The van der Waals surface area contributed by atoms with E-state index in [2.05, 4.69) is 13.8 Å². The van der Waals surface area contributed by atoms with Gasteiger partial charge in [0.15, 0.2) is 0 Å². The van der Waals surface area contributed by atoms with Gasteiger partial charge in [-0.25, -0.2) is 4.39 Å². The summed E-state index contributed by atoms with van der Waals surface area (Å²) in [5.41, 5.74) is 4.86. The van der Waals surface area contributed by atoms with Crippen molar-refractivity contribution in [1.29, 1.82) is 0 Å². The molecule has 78 valence electrons. The number of nitrogens with two attached hydrogens (primary N) is 1. The Morgan fingerprint density at radius 3 is 2.38 bits per heavy atom. The van der Waals surface area contributed by atoms with Crippen molar-refractivity contribution in [2.45, 2.75) is 64.1 Å². The summed E-state index contributed by atoms with van der Waals surface area (Å²) in [5, 5.41) is 0. The van der Waals surface area contributed by atoms with E-state index in [1.807, 2.05) is 0 Å². The van der Waals surface area contributed by atoms with Crippen molar-refractivity contribution in [2.75, 3.05) is 0 Å². The minimum atomic E-state index is -0.889. The Labute approximate surface area is 80.9 Å². The largest absolute Gasteiger partial charge is 0.328 e. The summed E-state index contributed by atoms with van der Waals surface area (Å²) >= 11 is 0. The Bertz CT molecular complexity index is 148. The maximum Gasteiger partial charge on any atom is 0.111 e. The van der Waals surface area contributed by atoms with Crippen LogP contribution in [-0.4, -0.2) is 11.7 Å². The van der Waals surface area contributed by atoms with Crippen LogP contribution in [0, 0.1) is 5.92 Å². The van der Waals surface area contributed by atoms with Crippen LogP contribution in [-0.2, 0) is 0 Å². The normalized spacial score (nSPS) is 35.3. The van der Waals surface area contributed by atoms with Crippen molar-refractivity contribution < 1.29 is 4.39 Å². The number of hydrogen-bond donors (Lipinski definition) is 1. The average molecular weight is 187 g/mol. The Balaban J connectivity index is 2.30. The van der Waals surface area contributed by atoms with Crippen LogP contribution in [0.25, 0.3) is 0 Å². The van der Waals surface area contributed by atoms with Gasteiger partial charge in [0.1, 0.15) is 5.67 Å². The minimum absolute atomic E-state index is 0.253. The lowest BCUT2D eigenvalue weighted by Crippen LogP contribution is -2.35. The number of halogens is 1. The van der Waals surface area contributed by atoms with Crippen LogP contribution >= 0.6 is 0 Å². The van der Waals surface area contributed by atoms with Gasteiger partial charge in [-0.2, -0.15) is 0 Å². The molecule has 1 saturated carbocycles. The molecule has 0 spiro atoms. The van der Waals surface area contributed by atoms with Crippen LogP contribution in [0.4, 0.5) is 4.39 Å². The molecule has 0 aromatic carbocycles. The topological polar surface area (TPSA) is 26.0 Å². The molecule has 0 radical (unpaired) electrons. The monoisotopic (exact) mass is 187 g/mol. The Morgan fingerprint density at radius 1 is 1.38 bits per heavy atom. The van der Waals surface area contributed by atoms with E-state index >= 15 is 0 Å². The highest BCUT2D eigenvalue weighted by atomic mass is 19.1. The molecule has 0 aliphatic heterocycles. The van der Waals surface area contributed by atoms with Gasteiger partial charge in [-0.1, -0.05) is 13.8 Å². The summed E-state index contributed by atoms with van der Waals surface area (Å²) < 4.78 is 14.1. The lowest BCUT2D eigenvalue weighted by atomic mass is 9.80. The van der Waals surface area contributed by atoms with E-state index in [4.69, 9.17) is 5.73 Å². The fraction of sp³-hybridized carbons (Fsp3) is 1.00. The Hall–Kier alpha value is -0.110. The predicted octanol–water partition coefficient (Wildman–Crippen LogP) is 3.03. The summed E-state index contributed by atoms with van der Waals surface area (Å²) in [7, 11) is 0. The third-order valence-corrected chi connectivity index (χ3v) is 3.10. The maximum absolute atomic E-state index is 14.1. The standard InChI is InChI=1S/C11H22FN/c1-9(2)3-6-11(12)7-4-10(13)5-8-11/h9-10H,3-8,13H2,1-2H3. The van der Waals surface area contributed by atoms with E-state index in [1.165, 1.54) is 0 Å². The van der Waals surface area contributed by atoms with Crippen LogP contribution in [0.5, 0.6) is 0 Å². The third-order valence-electron chi connectivity index (χ3n) is 3.10. The maximum atomic E-state index is 14.1. The summed E-state index contributed by atoms with van der Waals surface area (Å²) in [6, 6.07) is 0.253. The molecule has 0 heterocycles. The average Bonchev–Trinajstić information content (AvgIpc) is 2.08. The van der Waals surface area contributed by atoms with Crippen molar-refractivity contribution in [3.05, 3.63) is 0 Å². The SMILES string of the molecule is CC(C)CCC1(F)CCC(N)CC1. The number of hydrogen-bond acceptors (Lipinski definition) is 1. The highest BCUT2D eigenvalue weighted by molar-refractivity contribution is 4.87. The zero-order chi connectivity index (χ0) is 9.90. The zero-order valence-electron chi connectivity index (χ0n) is 8.85. The molecule has 2 N–H and O–H groups in total. The smallest absolute Gasteiger partial charge is 0.111 e. The van der Waals surface area contributed by atoms with Crippen molar-refractivity contribution in [3.63, 3.8) is 0 Å². The highest BCUT2D eigenvalue weighted by Crippen LogP contribution is 2.35. The molecule has 0 aromatic rings. The quantitative estimate of drug-likeness (QED) is 0.722. The molecule has 0 bridgehead atoms. The fourth-order valence-corrected chi connectivity index (χ4v) is 1.95. The van der Waals surface area contributed by atoms with Crippen molar-refractivity contribution in [3.8, 4) is 0 Å². The van der Waals surface area contributed by atoms with Crippen LogP contribution in [0.15, 0.2) is 0 Å². The van der Waals surface area contributed by atoms with Gasteiger partial charge in [-0.05, 0) is 44.4 Å². The molecule has 1 rings (SSSR count). The third kappa shape index (κ3) is 3.63. The molecule has 13 heavy (non-hydrogen) atoms. The van der Waals surface area contributed by atoms with Gasteiger partial charge in [0.05, 0.1) is 0 Å². The van der Waals surface area contributed by atoms with Crippen LogP contribution in [0.1, 0.15) is 52.4 Å². The Morgan fingerprint density at radius 2 is 1.92 bits per heavy atom. The van der Waals surface area contributed by atoms with E-state index in [9.17, 15) is 4.39 Å². The lowest BCUT2D eigenvalue weighted by Gasteiger charge is -2.32. The van der Waals surface area contributed by atoms with Crippen LogP contribution in [0.2, 0.25) is 0 Å². The van der Waals surface area contributed by atoms with Gasteiger partial charge >= 0.3 is 0 Å². The molecular formula is C11H22FN. The molecule has 0 atom stereocenters. The van der Waals surface area contributed by atoms with E-state index in [1.54, 1.807) is 0 Å². The second kappa shape index (κ2) is 4.41. The van der Waals surface area contributed by atoms with Crippen molar-refractivity contribution >= 4 is 0 Å². The predicted molar refractivity (Wildman–Crippen MR) is 54.4 cm³/mol. The van der Waals surface area contributed by atoms with E-state index in [0.29, 0.717) is 18.8 Å². The molecular weight excluding hydrogens is 165 g/mol. The van der Waals surface area contributed by atoms with Gasteiger partial charge < -0.3 is 5.73 Å². The van der Waals surface area contributed by atoms with Crippen molar-refractivity contribution in [1.82, 2.24) is 0 Å². The molecule has 2 heteroatoms. The van der Waals surface area contributed by atoms with E-state index in [0.717, 1.165) is 25.7 Å². The molecule has 1 aliphatic rings. The molecule has 0 amide bonds. The summed E-state index contributed by atoms with van der Waals surface area (Å²) in [5.74, 6) is 0.614. The van der Waals surface area contributed by atoms with Crippen LogP contribution < -0.4 is 5.73 Å². The van der Waals surface area contributed by atoms with Crippen LogP contribution in [0.3, 0.4) is 0 Å². The molecule has 0 aromatic heterocycles. The first-order valence-electron chi connectivity index (χ1n) is 5.46. The first kappa shape index (κ1) is 11.0. The second-order valence-electron chi connectivity index (χ2n) is 4.92. The molecule has 1 aliphatic carbocycles.